The summed E-state index contributed by atoms with van der Waals surface area (Å²) in [5.41, 5.74) is 0.948. The molecule has 0 bridgehead atoms. The molecule has 0 spiro atoms. The van der Waals surface area contributed by atoms with Crippen molar-refractivity contribution < 1.29 is 19.1 Å². The molecule has 2 heterocycles. The highest BCUT2D eigenvalue weighted by atomic mass is 16.5. The topological polar surface area (TPSA) is 145 Å². The van der Waals surface area contributed by atoms with Gasteiger partial charge in [-0.25, -0.2) is 9.78 Å². The van der Waals surface area contributed by atoms with E-state index >= 15 is 0 Å². The first kappa shape index (κ1) is 23.6. The molecule has 0 aliphatic rings. The van der Waals surface area contributed by atoms with Gasteiger partial charge >= 0.3 is 6.09 Å². The van der Waals surface area contributed by atoms with Crippen LogP contribution < -0.4 is 20.7 Å². The lowest BCUT2D eigenvalue weighted by atomic mass is 9.49. The summed E-state index contributed by atoms with van der Waals surface area (Å²) in [5.74, 6) is 0.00164. The van der Waals surface area contributed by atoms with Crippen molar-refractivity contribution in [1.29, 1.82) is 0 Å². The molecule has 0 atom stereocenters. The van der Waals surface area contributed by atoms with Crippen molar-refractivity contribution >= 4 is 52.7 Å². The average Bonchev–Trinajstić information content (AvgIpc) is 3.18. The Labute approximate surface area is 193 Å². The first-order valence-electron chi connectivity index (χ1n) is 9.33. The number of carbonyl (C=O) groups excluding carboxylic acids is 2. The number of carbonyl (C=O) groups is 2. The predicted octanol–water partition coefficient (Wildman–Crippen LogP) is 0.0492. The summed E-state index contributed by atoms with van der Waals surface area (Å²) < 4.78 is 11.7. The van der Waals surface area contributed by atoms with Crippen LogP contribution >= 0.6 is 0 Å². The minimum absolute atomic E-state index is 0.00178. The number of benzene rings is 1. The van der Waals surface area contributed by atoms with Crippen LogP contribution in [0.2, 0.25) is 0 Å². The Balaban J connectivity index is 2.06. The number of rotatable bonds is 7. The van der Waals surface area contributed by atoms with E-state index in [1.807, 2.05) is 0 Å². The van der Waals surface area contributed by atoms with Crippen LogP contribution in [0.1, 0.15) is 10.5 Å². The number of nitrogens with one attached hydrogen (secondary N) is 3. The molecule has 3 aromatic rings. The standard InChI is InChI=1S/C18H17B3N8O4/c1-29-8-22-15(28-29)9-5-4-6-10(14(9)32-2)23-11-7-12(24-17(31)33-3)26-27-13(11)16(30)25-18(19,20)21/h4-8H,1-3H3,(H,25,30)(H2,23,24,26,31). The molecule has 162 valence electrons. The fourth-order valence-corrected chi connectivity index (χ4v) is 2.77. The molecule has 1 aromatic carbocycles. The van der Waals surface area contributed by atoms with Crippen molar-refractivity contribution in [2.45, 2.75) is 5.24 Å². The van der Waals surface area contributed by atoms with E-state index in [4.69, 9.17) is 28.3 Å². The van der Waals surface area contributed by atoms with Crippen LogP contribution in [0.3, 0.4) is 0 Å². The van der Waals surface area contributed by atoms with Gasteiger partial charge in [-0.05, 0) is 12.1 Å². The smallest absolute Gasteiger partial charge is 0.412 e. The number of para-hydroxylation sites is 1. The minimum atomic E-state index is -2.00. The average molecular weight is 442 g/mol. The van der Waals surface area contributed by atoms with Gasteiger partial charge in [0.2, 0.25) is 0 Å². The fourth-order valence-electron chi connectivity index (χ4n) is 2.77. The van der Waals surface area contributed by atoms with Gasteiger partial charge in [-0.3, -0.25) is 14.8 Å². The molecular formula is C18H17B3N8O4. The van der Waals surface area contributed by atoms with E-state index in [0.29, 0.717) is 22.8 Å². The van der Waals surface area contributed by atoms with Crippen molar-refractivity contribution in [3.05, 3.63) is 36.3 Å². The number of aromatic nitrogens is 5. The molecule has 2 aromatic heterocycles. The number of ether oxygens (including phenoxy) is 2. The molecule has 0 saturated carbocycles. The third-order valence-corrected chi connectivity index (χ3v) is 4.08. The molecular weight excluding hydrogens is 425 g/mol. The Morgan fingerprint density at radius 1 is 1.12 bits per heavy atom. The summed E-state index contributed by atoms with van der Waals surface area (Å²) in [6.45, 7) is 0. The molecule has 33 heavy (non-hydrogen) atoms. The van der Waals surface area contributed by atoms with Crippen LogP contribution in [-0.4, -0.2) is 80.0 Å². The van der Waals surface area contributed by atoms with Gasteiger partial charge in [-0.2, -0.15) is 5.10 Å². The quantitative estimate of drug-likeness (QED) is 0.433. The second-order valence-corrected chi connectivity index (χ2v) is 6.75. The molecule has 0 saturated heterocycles. The van der Waals surface area contributed by atoms with Crippen LogP contribution in [0.25, 0.3) is 11.4 Å². The Bertz CT molecular complexity index is 1180. The second-order valence-electron chi connectivity index (χ2n) is 6.75. The summed E-state index contributed by atoms with van der Waals surface area (Å²) in [4.78, 5) is 28.5. The van der Waals surface area contributed by atoms with Crippen LogP contribution in [0.5, 0.6) is 5.75 Å². The third kappa shape index (κ3) is 5.81. The first-order chi connectivity index (χ1) is 15.6. The molecule has 2 amide bonds. The number of hydrogen-bond acceptors (Lipinski definition) is 9. The lowest BCUT2D eigenvalue weighted by molar-refractivity contribution is 0.0947. The summed E-state index contributed by atoms with van der Waals surface area (Å²) in [5, 5.41) is 17.5. The maximum Gasteiger partial charge on any atom is 0.412 e. The highest BCUT2D eigenvalue weighted by Crippen LogP contribution is 2.37. The summed E-state index contributed by atoms with van der Waals surface area (Å²) in [6.07, 6.45) is 0.770. The second kappa shape index (κ2) is 9.63. The summed E-state index contributed by atoms with van der Waals surface area (Å²) in [6, 6.07) is 6.56. The van der Waals surface area contributed by atoms with E-state index in [1.165, 1.54) is 20.3 Å². The summed E-state index contributed by atoms with van der Waals surface area (Å²) >= 11 is 0. The minimum Gasteiger partial charge on any atom is -0.494 e. The van der Waals surface area contributed by atoms with Crippen molar-refractivity contribution in [3.63, 3.8) is 0 Å². The van der Waals surface area contributed by atoms with Crippen molar-refractivity contribution in [3.8, 4) is 17.1 Å². The van der Waals surface area contributed by atoms with E-state index in [2.05, 4.69) is 41.0 Å². The monoisotopic (exact) mass is 442 g/mol. The molecule has 0 aliphatic carbocycles. The van der Waals surface area contributed by atoms with E-state index in [1.54, 1.807) is 36.3 Å². The lowest BCUT2D eigenvalue weighted by Crippen LogP contribution is -2.50. The third-order valence-electron chi connectivity index (χ3n) is 4.08. The van der Waals surface area contributed by atoms with Crippen molar-refractivity contribution in [1.82, 2.24) is 30.3 Å². The fraction of sp³-hybridized carbons (Fsp3) is 0.222. The van der Waals surface area contributed by atoms with E-state index in [-0.39, 0.29) is 17.2 Å². The van der Waals surface area contributed by atoms with E-state index < -0.39 is 17.2 Å². The number of methoxy groups -OCH3 is 2. The van der Waals surface area contributed by atoms with Gasteiger partial charge < -0.3 is 20.1 Å². The zero-order valence-corrected chi connectivity index (χ0v) is 18.0. The highest BCUT2D eigenvalue weighted by molar-refractivity contribution is 6.60. The zero-order chi connectivity index (χ0) is 24.2. The lowest BCUT2D eigenvalue weighted by Gasteiger charge is -2.23. The van der Waals surface area contributed by atoms with Crippen LogP contribution in [0.4, 0.5) is 22.0 Å². The van der Waals surface area contributed by atoms with Crippen LogP contribution in [0, 0.1) is 0 Å². The molecule has 3 rings (SSSR count). The van der Waals surface area contributed by atoms with Gasteiger partial charge in [0, 0.05) is 13.1 Å². The zero-order valence-electron chi connectivity index (χ0n) is 18.0. The van der Waals surface area contributed by atoms with Gasteiger partial charge in [0.25, 0.3) is 5.91 Å². The van der Waals surface area contributed by atoms with E-state index in [0.717, 1.165) is 0 Å². The number of anilines is 3. The van der Waals surface area contributed by atoms with Crippen molar-refractivity contribution in [2.24, 2.45) is 7.05 Å². The molecule has 3 N–H and O–H groups in total. The Kier molecular flexibility index (Phi) is 6.90. The van der Waals surface area contributed by atoms with Gasteiger partial charge in [0.05, 0.1) is 54.7 Å². The molecule has 0 aliphatic heterocycles. The van der Waals surface area contributed by atoms with Crippen LogP contribution in [-0.2, 0) is 11.8 Å². The van der Waals surface area contributed by atoms with Crippen LogP contribution in [0.15, 0.2) is 30.6 Å². The normalized spacial score (nSPS) is 10.9. The van der Waals surface area contributed by atoms with Gasteiger partial charge in [-0.15, -0.1) is 10.2 Å². The van der Waals surface area contributed by atoms with Crippen molar-refractivity contribution in [2.75, 3.05) is 24.9 Å². The maximum atomic E-state index is 12.6. The number of nitrogens with zero attached hydrogens (tertiary/aromatic N) is 5. The molecule has 12 nitrogen and oxygen atoms in total. The van der Waals surface area contributed by atoms with Gasteiger partial charge in [0.1, 0.15) is 6.33 Å². The largest absolute Gasteiger partial charge is 0.494 e. The highest BCUT2D eigenvalue weighted by Gasteiger charge is 2.22. The molecule has 6 radical (unpaired) electrons. The summed E-state index contributed by atoms with van der Waals surface area (Å²) in [7, 11) is 20.8. The number of hydrogen-bond donors (Lipinski definition) is 3. The molecule has 0 fully saturated rings. The SMILES string of the molecule is [B]C([B])([B])NC(=O)c1nnc(NC(=O)OC)cc1Nc1cccc(-c2ncn(C)n2)c1OC. The predicted molar refractivity (Wildman–Crippen MR) is 122 cm³/mol. The van der Waals surface area contributed by atoms with Gasteiger partial charge in [0.15, 0.2) is 23.1 Å². The number of aryl methyl sites for hydroxylation is 1. The molecule has 0 unspecified atom stereocenters. The molecule has 15 heteroatoms. The Morgan fingerprint density at radius 2 is 1.88 bits per heavy atom. The maximum absolute atomic E-state index is 12.6. The number of amides is 2. The first-order valence-corrected chi connectivity index (χ1v) is 9.33. The van der Waals surface area contributed by atoms with Gasteiger partial charge in [-0.1, -0.05) is 11.3 Å². The van der Waals surface area contributed by atoms with E-state index in [9.17, 15) is 9.59 Å². The Hall–Kier alpha value is -4.03. The Morgan fingerprint density at radius 3 is 2.48 bits per heavy atom.